The summed E-state index contributed by atoms with van der Waals surface area (Å²) in [4.78, 5) is 8.68. The lowest BCUT2D eigenvalue weighted by Gasteiger charge is -2.27. The minimum atomic E-state index is -0.904. The quantitative estimate of drug-likeness (QED) is 0.493. The molecule has 3 heterocycles. The predicted octanol–water partition coefficient (Wildman–Crippen LogP) is 4.24. The fourth-order valence-electron chi connectivity index (χ4n) is 3.81. The molecule has 0 aliphatic carbocycles. The number of hydrogen-bond donors (Lipinski definition) is 3. The van der Waals surface area contributed by atoms with Gasteiger partial charge in [-0.1, -0.05) is 17.7 Å². The van der Waals surface area contributed by atoms with Gasteiger partial charge in [0.2, 0.25) is 0 Å². The molecule has 4 N–H and O–H groups in total. The molecule has 0 spiro atoms. The maximum atomic E-state index is 14.2. The number of hydrogen-bond acceptors (Lipinski definition) is 6. The Morgan fingerprint density at radius 3 is 2.62 bits per heavy atom. The van der Waals surface area contributed by atoms with E-state index < -0.39 is 23.8 Å². The van der Waals surface area contributed by atoms with Crippen LogP contribution in [0.1, 0.15) is 36.6 Å². The van der Waals surface area contributed by atoms with Crippen LogP contribution in [0.4, 0.5) is 14.6 Å². The maximum absolute atomic E-state index is 14.2. The Kier molecular flexibility index (Phi) is 6.55. The molecule has 6 nitrogen and oxygen atoms in total. The van der Waals surface area contributed by atoms with Crippen molar-refractivity contribution < 1.29 is 18.6 Å². The molecule has 2 aromatic heterocycles. The smallest absolute Gasteiger partial charge is 0.166 e. The lowest BCUT2D eigenvalue weighted by Crippen LogP contribution is -2.38. The van der Waals surface area contributed by atoms with Crippen molar-refractivity contribution in [1.82, 2.24) is 15.3 Å². The summed E-state index contributed by atoms with van der Waals surface area (Å²) in [5.74, 6) is -1.15. The Morgan fingerprint density at radius 2 is 1.91 bits per heavy atom. The summed E-state index contributed by atoms with van der Waals surface area (Å²) in [6.45, 7) is 3.01. The Morgan fingerprint density at radius 1 is 1.16 bits per heavy atom. The van der Waals surface area contributed by atoms with Gasteiger partial charge in [-0.05, 0) is 44.2 Å². The molecule has 9 heteroatoms. The molecular formula is C23H23ClF2N4O2. The number of aromatic nitrogens is 2. The third-order valence-electron chi connectivity index (χ3n) is 5.62. The van der Waals surface area contributed by atoms with Crippen LogP contribution in [-0.4, -0.2) is 34.3 Å². The Labute approximate surface area is 189 Å². The SMILES string of the molecule is CC(Oc1cc(-c2ccc(C3CNCCC3O)nc2)cnc1N)c1c(F)ccc(F)c1Cl. The molecule has 1 aliphatic rings. The number of ether oxygens (including phenoxy) is 1. The number of nitrogens with one attached hydrogen (secondary N) is 1. The zero-order valence-electron chi connectivity index (χ0n) is 17.4. The number of benzene rings is 1. The van der Waals surface area contributed by atoms with E-state index in [1.807, 2.05) is 12.1 Å². The van der Waals surface area contributed by atoms with Crippen molar-refractivity contribution in [1.29, 1.82) is 0 Å². The van der Waals surface area contributed by atoms with E-state index in [9.17, 15) is 13.9 Å². The van der Waals surface area contributed by atoms with Gasteiger partial charge in [-0.3, -0.25) is 4.98 Å². The zero-order chi connectivity index (χ0) is 22.8. The van der Waals surface area contributed by atoms with Crippen LogP contribution < -0.4 is 15.8 Å². The first-order valence-corrected chi connectivity index (χ1v) is 10.6. The highest BCUT2D eigenvalue weighted by atomic mass is 35.5. The van der Waals surface area contributed by atoms with Gasteiger partial charge < -0.3 is 20.9 Å². The van der Waals surface area contributed by atoms with Crippen LogP contribution in [0.5, 0.6) is 5.75 Å². The number of halogens is 3. The molecule has 0 saturated carbocycles. The van der Waals surface area contributed by atoms with Crippen LogP contribution in [0.3, 0.4) is 0 Å². The molecule has 3 atom stereocenters. The monoisotopic (exact) mass is 460 g/mol. The van der Waals surface area contributed by atoms with E-state index in [2.05, 4.69) is 15.3 Å². The van der Waals surface area contributed by atoms with Crippen LogP contribution in [0.15, 0.2) is 42.7 Å². The molecule has 3 unspecified atom stereocenters. The minimum absolute atomic E-state index is 0.0620. The first-order valence-electron chi connectivity index (χ1n) is 10.3. The minimum Gasteiger partial charge on any atom is -0.482 e. The van der Waals surface area contributed by atoms with Crippen molar-refractivity contribution in [3.63, 3.8) is 0 Å². The highest BCUT2D eigenvalue weighted by Crippen LogP contribution is 2.35. The first-order chi connectivity index (χ1) is 15.3. The van der Waals surface area contributed by atoms with E-state index >= 15 is 0 Å². The third-order valence-corrected chi connectivity index (χ3v) is 6.00. The van der Waals surface area contributed by atoms with E-state index in [-0.39, 0.29) is 28.1 Å². The normalized spacial score (nSPS) is 19.5. The Balaban J connectivity index is 1.57. The molecule has 0 bridgehead atoms. The van der Waals surface area contributed by atoms with E-state index in [1.54, 1.807) is 25.4 Å². The maximum Gasteiger partial charge on any atom is 0.166 e. The fraction of sp³-hybridized carbons (Fsp3) is 0.304. The van der Waals surface area contributed by atoms with E-state index in [4.69, 9.17) is 22.1 Å². The molecule has 4 rings (SSSR count). The number of nitrogen functional groups attached to an aromatic ring is 1. The molecule has 1 aromatic carbocycles. The van der Waals surface area contributed by atoms with Crippen LogP contribution in [0.25, 0.3) is 11.1 Å². The highest BCUT2D eigenvalue weighted by molar-refractivity contribution is 6.31. The number of aliphatic hydroxyl groups is 1. The van der Waals surface area contributed by atoms with Crippen LogP contribution in [0.2, 0.25) is 5.02 Å². The van der Waals surface area contributed by atoms with Crippen molar-refractivity contribution in [3.05, 3.63) is 70.6 Å². The number of nitrogens with two attached hydrogens (primary N) is 1. The van der Waals surface area contributed by atoms with E-state index in [0.29, 0.717) is 18.5 Å². The van der Waals surface area contributed by atoms with Gasteiger partial charge >= 0.3 is 0 Å². The standard InChI is InChI=1S/C23H23ClF2N4O2/c1-12(21-16(25)3-4-17(26)22(21)24)32-20-8-14(10-30-23(20)27)13-2-5-18(29-9-13)15-11-28-7-6-19(15)31/h2-5,8-10,12,15,19,28,31H,6-7,11H2,1H3,(H2,27,30). The average molecular weight is 461 g/mol. The number of pyridine rings is 2. The van der Waals surface area contributed by atoms with Gasteiger partial charge in [-0.15, -0.1) is 0 Å². The first kappa shape index (κ1) is 22.4. The molecule has 1 saturated heterocycles. The second-order valence-electron chi connectivity index (χ2n) is 7.76. The number of anilines is 1. The van der Waals surface area contributed by atoms with Gasteiger partial charge in [0, 0.05) is 47.2 Å². The molecule has 0 amide bonds. The zero-order valence-corrected chi connectivity index (χ0v) is 18.1. The van der Waals surface area contributed by atoms with Crippen molar-refractivity contribution in [2.75, 3.05) is 18.8 Å². The van der Waals surface area contributed by atoms with Crippen molar-refractivity contribution in [3.8, 4) is 16.9 Å². The Hall–Kier alpha value is -2.81. The fourth-order valence-corrected chi connectivity index (χ4v) is 4.12. The number of rotatable bonds is 5. The third kappa shape index (κ3) is 4.53. The highest BCUT2D eigenvalue weighted by Gasteiger charge is 2.25. The molecule has 1 fully saturated rings. The Bertz CT molecular complexity index is 1110. The van der Waals surface area contributed by atoms with Gasteiger partial charge in [0.1, 0.15) is 17.7 Å². The summed E-state index contributed by atoms with van der Waals surface area (Å²) >= 11 is 5.94. The summed E-state index contributed by atoms with van der Waals surface area (Å²) in [5, 5.41) is 13.2. The number of nitrogens with zero attached hydrogens (tertiary/aromatic N) is 2. The van der Waals surface area contributed by atoms with E-state index in [1.165, 1.54) is 0 Å². The van der Waals surface area contributed by atoms with Crippen LogP contribution >= 0.6 is 11.6 Å². The van der Waals surface area contributed by atoms with E-state index in [0.717, 1.165) is 29.9 Å². The molecule has 32 heavy (non-hydrogen) atoms. The van der Waals surface area contributed by atoms with Gasteiger partial charge in [0.25, 0.3) is 0 Å². The van der Waals surface area contributed by atoms with Crippen LogP contribution in [0, 0.1) is 11.6 Å². The lowest BCUT2D eigenvalue weighted by molar-refractivity contribution is 0.112. The predicted molar refractivity (Wildman–Crippen MR) is 119 cm³/mol. The summed E-state index contributed by atoms with van der Waals surface area (Å²) in [6.07, 6.45) is 2.63. The molecule has 0 radical (unpaired) electrons. The molecular weight excluding hydrogens is 438 g/mol. The van der Waals surface area contributed by atoms with Crippen molar-refractivity contribution in [2.24, 2.45) is 0 Å². The second kappa shape index (κ2) is 9.36. The number of aliphatic hydroxyl groups excluding tert-OH is 1. The lowest BCUT2D eigenvalue weighted by atomic mass is 9.92. The molecule has 3 aromatic rings. The van der Waals surface area contributed by atoms with Gasteiger partial charge in [0.05, 0.1) is 11.1 Å². The largest absolute Gasteiger partial charge is 0.482 e. The average Bonchev–Trinajstić information content (AvgIpc) is 2.79. The number of piperidine rings is 1. The van der Waals surface area contributed by atoms with Gasteiger partial charge in [-0.2, -0.15) is 0 Å². The van der Waals surface area contributed by atoms with Gasteiger partial charge in [0.15, 0.2) is 11.6 Å². The summed E-state index contributed by atoms with van der Waals surface area (Å²) in [6, 6.07) is 7.38. The summed E-state index contributed by atoms with van der Waals surface area (Å²) < 4.78 is 33.8. The van der Waals surface area contributed by atoms with Gasteiger partial charge in [-0.25, -0.2) is 13.8 Å². The summed E-state index contributed by atoms with van der Waals surface area (Å²) in [7, 11) is 0. The molecule has 168 valence electrons. The summed E-state index contributed by atoms with van der Waals surface area (Å²) in [5.41, 5.74) is 8.12. The van der Waals surface area contributed by atoms with Crippen LogP contribution in [-0.2, 0) is 0 Å². The topological polar surface area (TPSA) is 93.3 Å². The second-order valence-corrected chi connectivity index (χ2v) is 8.14. The van der Waals surface area contributed by atoms with Crippen molar-refractivity contribution >= 4 is 17.4 Å². The molecule has 1 aliphatic heterocycles. The van der Waals surface area contributed by atoms with Crippen molar-refractivity contribution in [2.45, 2.75) is 31.5 Å².